The van der Waals surface area contributed by atoms with E-state index in [1.54, 1.807) is 0 Å². The first-order valence-electron chi connectivity index (χ1n) is 6.94. The first-order valence-corrected chi connectivity index (χ1v) is 6.94. The molecule has 2 N–H and O–H groups in total. The van der Waals surface area contributed by atoms with Crippen molar-refractivity contribution in [2.45, 2.75) is 32.7 Å². The number of hydrogen-bond acceptors (Lipinski definition) is 7. The summed E-state index contributed by atoms with van der Waals surface area (Å²) in [5.74, 6) is 0.491. The number of nitrogens with zero attached hydrogens (tertiary/aromatic N) is 4. The minimum Gasteiger partial charge on any atom is -0.364 e. The van der Waals surface area contributed by atoms with Gasteiger partial charge in [0.25, 0.3) is 0 Å². The van der Waals surface area contributed by atoms with Crippen LogP contribution in [0.15, 0.2) is 6.33 Å². The second-order valence-electron chi connectivity index (χ2n) is 5.66. The summed E-state index contributed by atoms with van der Waals surface area (Å²) in [6.07, 6.45) is 2.19. The van der Waals surface area contributed by atoms with Crippen LogP contribution in [-0.2, 0) is 0 Å². The third kappa shape index (κ3) is 4.52. The van der Waals surface area contributed by atoms with Gasteiger partial charge in [-0.05, 0) is 34.4 Å². The molecule has 118 valence electrons. The smallest absolute Gasteiger partial charge is 0.353 e. The van der Waals surface area contributed by atoms with E-state index in [4.69, 9.17) is 0 Å². The van der Waals surface area contributed by atoms with Crippen molar-refractivity contribution in [2.24, 2.45) is 0 Å². The molecule has 0 aliphatic rings. The molecule has 0 aliphatic heterocycles. The van der Waals surface area contributed by atoms with Crippen molar-refractivity contribution >= 4 is 17.3 Å². The maximum atomic E-state index is 11.3. The largest absolute Gasteiger partial charge is 0.364 e. The second-order valence-corrected chi connectivity index (χ2v) is 5.66. The van der Waals surface area contributed by atoms with Gasteiger partial charge in [-0.15, -0.1) is 0 Å². The van der Waals surface area contributed by atoms with E-state index < -0.39 is 4.92 Å². The number of hydrogen-bond donors (Lipinski definition) is 2. The number of nitrogens with one attached hydrogen (secondary N) is 2. The standard InChI is InChI=1S/C13H24N6O2/c1-6-7-14-11-10(19(20)21)12(17-9-16-11)15-8-13(2,3)18(4)5/h9H,6-8H2,1-5H3,(H2,14,15,16,17). The third-order valence-corrected chi connectivity index (χ3v) is 3.45. The zero-order valence-electron chi connectivity index (χ0n) is 13.3. The van der Waals surface area contributed by atoms with E-state index in [0.717, 1.165) is 6.42 Å². The van der Waals surface area contributed by atoms with Crippen LogP contribution in [0.5, 0.6) is 0 Å². The van der Waals surface area contributed by atoms with Crippen LogP contribution in [0, 0.1) is 10.1 Å². The molecule has 8 heteroatoms. The van der Waals surface area contributed by atoms with Gasteiger partial charge in [-0.1, -0.05) is 6.92 Å². The molecule has 0 saturated carbocycles. The van der Waals surface area contributed by atoms with Crippen molar-refractivity contribution < 1.29 is 4.92 Å². The van der Waals surface area contributed by atoms with E-state index in [2.05, 4.69) is 20.6 Å². The summed E-state index contributed by atoms with van der Waals surface area (Å²) in [6, 6.07) is 0. The molecule has 0 spiro atoms. The summed E-state index contributed by atoms with van der Waals surface area (Å²) < 4.78 is 0. The van der Waals surface area contributed by atoms with E-state index in [1.807, 2.05) is 39.8 Å². The van der Waals surface area contributed by atoms with Crippen LogP contribution >= 0.6 is 0 Å². The number of rotatable bonds is 8. The van der Waals surface area contributed by atoms with Gasteiger partial charge in [-0.3, -0.25) is 10.1 Å². The highest BCUT2D eigenvalue weighted by Gasteiger charge is 2.26. The van der Waals surface area contributed by atoms with Gasteiger partial charge in [0, 0.05) is 18.6 Å². The minimum absolute atomic E-state index is 0.111. The molecule has 0 amide bonds. The van der Waals surface area contributed by atoms with Gasteiger partial charge in [0.1, 0.15) is 6.33 Å². The zero-order chi connectivity index (χ0) is 16.0. The fraction of sp³-hybridized carbons (Fsp3) is 0.692. The Morgan fingerprint density at radius 2 is 1.86 bits per heavy atom. The monoisotopic (exact) mass is 296 g/mol. The van der Waals surface area contributed by atoms with Gasteiger partial charge in [-0.25, -0.2) is 9.97 Å². The van der Waals surface area contributed by atoms with Crippen LogP contribution in [0.3, 0.4) is 0 Å². The van der Waals surface area contributed by atoms with E-state index >= 15 is 0 Å². The molecule has 0 radical (unpaired) electrons. The molecule has 1 aromatic heterocycles. The van der Waals surface area contributed by atoms with E-state index in [0.29, 0.717) is 13.1 Å². The third-order valence-electron chi connectivity index (χ3n) is 3.45. The second kappa shape index (κ2) is 7.16. The van der Waals surface area contributed by atoms with Crippen molar-refractivity contribution in [1.29, 1.82) is 0 Å². The predicted molar refractivity (Wildman–Crippen MR) is 83.7 cm³/mol. The Labute approximate surface area is 125 Å². The Balaban J connectivity index is 2.98. The average Bonchev–Trinajstić information content (AvgIpc) is 2.42. The lowest BCUT2D eigenvalue weighted by atomic mass is 10.0. The molecule has 8 nitrogen and oxygen atoms in total. The summed E-state index contributed by atoms with van der Waals surface area (Å²) in [5.41, 5.74) is -0.268. The van der Waals surface area contributed by atoms with Crippen molar-refractivity contribution in [3.05, 3.63) is 16.4 Å². The fourth-order valence-electron chi connectivity index (χ4n) is 1.51. The quantitative estimate of drug-likeness (QED) is 0.559. The molecule has 1 heterocycles. The normalized spacial score (nSPS) is 11.5. The molecule has 0 atom stereocenters. The first kappa shape index (κ1) is 17.1. The van der Waals surface area contributed by atoms with E-state index in [9.17, 15) is 10.1 Å². The molecule has 0 bridgehead atoms. The van der Waals surface area contributed by atoms with Crippen LogP contribution in [0.1, 0.15) is 27.2 Å². The molecule has 1 aromatic rings. The summed E-state index contributed by atoms with van der Waals surface area (Å²) in [5, 5.41) is 17.3. The summed E-state index contributed by atoms with van der Waals surface area (Å²) in [4.78, 5) is 20.9. The Morgan fingerprint density at radius 1 is 1.29 bits per heavy atom. The molecule has 21 heavy (non-hydrogen) atoms. The molecule has 0 fully saturated rings. The lowest BCUT2D eigenvalue weighted by Gasteiger charge is -2.32. The maximum Gasteiger partial charge on any atom is 0.353 e. The van der Waals surface area contributed by atoms with Crippen molar-refractivity contribution in [3.8, 4) is 0 Å². The highest BCUT2D eigenvalue weighted by Crippen LogP contribution is 2.29. The lowest BCUT2D eigenvalue weighted by molar-refractivity contribution is -0.383. The van der Waals surface area contributed by atoms with Crippen molar-refractivity contribution in [2.75, 3.05) is 37.8 Å². The predicted octanol–water partition coefficient (Wildman–Crippen LogP) is 1.96. The van der Waals surface area contributed by atoms with Crippen LogP contribution in [0.4, 0.5) is 17.3 Å². The number of anilines is 2. The highest BCUT2D eigenvalue weighted by molar-refractivity contribution is 5.69. The summed E-state index contributed by atoms with van der Waals surface area (Å²) in [6.45, 7) is 7.23. The minimum atomic E-state index is -0.455. The maximum absolute atomic E-state index is 11.3. The number of likely N-dealkylation sites (N-methyl/N-ethyl adjacent to an activating group) is 1. The lowest BCUT2D eigenvalue weighted by Crippen LogP contribution is -2.44. The van der Waals surface area contributed by atoms with Crippen LogP contribution < -0.4 is 10.6 Å². The molecule has 0 saturated heterocycles. The Kier molecular flexibility index (Phi) is 5.83. The summed E-state index contributed by atoms with van der Waals surface area (Å²) >= 11 is 0. The Morgan fingerprint density at radius 3 is 2.33 bits per heavy atom. The average molecular weight is 296 g/mol. The molecular formula is C13H24N6O2. The van der Waals surface area contributed by atoms with Crippen LogP contribution in [-0.4, -0.2) is 52.5 Å². The van der Waals surface area contributed by atoms with Crippen molar-refractivity contribution in [3.63, 3.8) is 0 Å². The molecule has 0 aliphatic carbocycles. The van der Waals surface area contributed by atoms with Gasteiger partial charge in [0.05, 0.1) is 4.92 Å². The molecule has 0 unspecified atom stereocenters. The highest BCUT2D eigenvalue weighted by atomic mass is 16.6. The molecular weight excluding hydrogens is 272 g/mol. The zero-order valence-corrected chi connectivity index (χ0v) is 13.3. The van der Waals surface area contributed by atoms with Gasteiger partial charge < -0.3 is 15.5 Å². The van der Waals surface area contributed by atoms with Gasteiger partial charge in [0.2, 0.25) is 11.6 Å². The van der Waals surface area contributed by atoms with Crippen LogP contribution in [0.2, 0.25) is 0 Å². The molecule has 1 rings (SSSR count). The van der Waals surface area contributed by atoms with Crippen molar-refractivity contribution in [1.82, 2.24) is 14.9 Å². The van der Waals surface area contributed by atoms with Gasteiger partial charge >= 0.3 is 5.69 Å². The number of aromatic nitrogens is 2. The van der Waals surface area contributed by atoms with Gasteiger partial charge in [-0.2, -0.15) is 0 Å². The first-order chi connectivity index (χ1) is 9.79. The SMILES string of the molecule is CCCNc1ncnc(NCC(C)(C)N(C)C)c1[N+](=O)[O-]. The Hall–Kier alpha value is -1.96. The fourth-order valence-corrected chi connectivity index (χ4v) is 1.51. The Bertz CT molecular complexity index is 490. The summed E-state index contributed by atoms with van der Waals surface area (Å²) in [7, 11) is 3.93. The van der Waals surface area contributed by atoms with E-state index in [1.165, 1.54) is 6.33 Å². The molecule has 0 aromatic carbocycles. The van der Waals surface area contributed by atoms with Gasteiger partial charge in [0.15, 0.2) is 0 Å². The van der Waals surface area contributed by atoms with Crippen LogP contribution in [0.25, 0.3) is 0 Å². The van der Waals surface area contributed by atoms with E-state index in [-0.39, 0.29) is 22.9 Å². The number of nitro groups is 1. The topological polar surface area (TPSA) is 96.2 Å².